The Hall–Kier alpha value is -3.18. The lowest BCUT2D eigenvalue weighted by Crippen LogP contribution is -2.07. The highest BCUT2D eigenvalue weighted by Crippen LogP contribution is 2.28. The lowest BCUT2D eigenvalue weighted by atomic mass is 10.2. The lowest BCUT2D eigenvalue weighted by molar-refractivity contribution is 0.750. The second-order valence-electron chi connectivity index (χ2n) is 6.69. The van der Waals surface area contributed by atoms with E-state index in [9.17, 15) is 0 Å². The van der Waals surface area contributed by atoms with Crippen molar-refractivity contribution in [3.05, 3.63) is 83.7 Å². The van der Waals surface area contributed by atoms with E-state index in [4.69, 9.17) is 16.6 Å². The lowest BCUT2D eigenvalue weighted by Gasteiger charge is -2.10. The maximum atomic E-state index is 6.36. The molecule has 3 aromatic heterocycles. The summed E-state index contributed by atoms with van der Waals surface area (Å²) in [6.45, 7) is 2.70. The third-order valence-corrected chi connectivity index (χ3v) is 5.31. The Balaban J connectivity index is 1.72. The minimum absolute atomic E-state index is 0.497. The molecular formula is C22H18ClN5. The van der Waals surface area contributed by atoms with E-state index < -0.39 is 0 Å². The molecule has 28 heavy (non-hydrogen) atoms. The van der Waals surface area contributed by atoms with Crippen LogP contribution in [0.15, 0.2) is 67.1 Å². The summed E-state index contributed by atoms with van der Waals surface area (Å²) in [5.41, 5.74) is 5.13. The van der Waals surface area contributed by atoms with Crippen LogP contribution >= 0.6 is 11.6 Å². The topological polar surface area (TPSA) is 48.5 Å². The molecule has 0 saturated heterocycles. The Morgan fingerprint density at radius 1 is 0.964 bits per heavy atom. The summed E-state index contributed by atoms with van der Waals surface area (Å²) in [6.07, 6.45) is 4.49. The average molecular weight is 388 g/mol. The van der Waals surface area contributed by atoms with Gasteiger partial charge >= 0.3 is 0 Å². The zero-order chi connectivity index (χ0) is 19.1. The van der Waals surface area contributed by atoms with Crippen LogP contribution < -0.4 is 0 Å². The third-order valence-electron chi connectivity index (χ3n) is 5.02. The van der Waals surface area contributed by atoms with Gasteiger partial charge in [0.1, 0.15) is 23.0 Å². The summed E-state index contributed by atoms with van der Waals surface area (Å²) in [4.78, 5) is 13.6. The normalized spacial score (nSPS) is 11.5. The zero-order valence-corrected chi connectivity index (χ0v) is 16.1. The quantitative estimate of drug-likeness (QED) is 0.406. The Kier molecular flexibility index (Phi) is 4.10. The standard InChI is InChI=1S/C22H18ClN5/c1-2-15-12-27(22-20(15)21(23)24-14-25-22)13-19-26-17-10-6-7-11-18(17)28(19)16-8-4-3-5-9-16/h3-12,14H,2,13H2,1H3. The van der Waals surface area contributed by atoms with Gasteiger partial charge in [0, 0.05) is 11.9 Å². The molecule has 2 aromatic carbocycles. The van der Waals surface area contributed by atoms with Gasteiger partial charge in [0.05, 0.1) is 23.0 Å². The van der Waals surface area contributed by atoms with Crippen LogP contribution in [0.1, 0.15) is 18.3 Å². The summed E-state index contributed by atoms with van der Waals surface area (Å²) in [5.74, 6) is 0.946. The van der Waals surface area contributed by atoms with Crippen LogP contribution in [0.4, 0.5) is 0 Å². The van der Waals surface area contributed by atoms with Crippen molar-refractivity contribution >= 4 is 33.7 Å². The number of fused-ring (bicyclic) bond motifs is 2. The Bertz CT molecular complexity index is 1290. The number of rotatable bonds is 4. The van der Waals surface area contributed by atoms with Gasteiger partial charge in [0.25, 0.3) is 0 Å². The van der Waals surface area contributed by atoms with Crippen molar-refractivity contribution < 1.29 is 0 Å². The molecule has 0 radical (unpaired) electrons. The number of imidazole rings is 1. The number of hydrogen-bond acceptors (Lipinski definition) is 3. The summed E-state index contributed by atoms with van der Waals surface area (Å²) in [5, 5.41) is 1.42. The number of aromatic nitrogens is 5. The summed E-state index contributed by atoms with van der Waals surface area (Å²) in [7, 11) is 0. The molecule has 0 aliphatic rings. The minimum atomic E-state index is 0.497. The van der Waals surface area contributed by atoms with E-state index in [2.05, 4.69) is 50.4 Å². The number of benzene rings is 2. The second-order valence-corrected chi connectivity index (χ2v) is 7.04. The monoisotopic (exact) mass is 387 g/mol. The van der Waals surface area contributed by atoms with Crippen molar-refractivity contribution in [1.29, 1.82) is 0 Å². The average Bonchev–Trinajstić information content (AvgIpc) is 3.27. The van der Waals surface area contributed by atoms with Crippen LogP contribution in [0.25, 0.3) is 27.8 Å². The summed E-state index contributed by atoms with van der Waals surface area (Å²) < 4.78 is 4.32. The van der Waals surface area contributed by atoms with E-state index in [0.29, 0.717) is 11.7 Å². The molecule has 0 unspecified atom stereocenters. The Labute approximate surface area is 167 Å². The van der Waals surface area contributed by atoms with E-state index >= 15 is 0 Å². The van der Waals surface area contributed by atoms with Crippen LogP contribution in [0.5, 0.6) is 0 Å². The number of nitrogens with zero attached hydrogens (tertiary/aromatic N) is 5. The molecular weight excluding hydrogens is 370 g/mol. The van der Waals surface area contributed by atoms with E-state index in [1.54, 1.807) is 0 Å². The summed E-state index contributed by atoms with van der Waals surface area (Å²) in [6, 6.07) is 18.5. The van der Waals surface area contributed by atoms with Crippen molar-refractivity contribution in [2.24, 2.45) is 0 Å². The first-order chi connectivity index (χ1) is 13.8. The van der Waals surface area contributed by atoms with Gasteiger partial charge in [-0.25, -0.2) is 15.0 Å². The molecule has 6 heteroatoms. The first-order valence-electron chi connectivity index (χ1n) is 9.26. The number of para-hydroxylation sites is 3. The first kappa shape index (κ1) is 17.0. The smallest absolute Gasteiger partial charge is 0.145 e. The number of hydrogen-bond donors (Lipinski definition) is 0. The van der Waals surface area contributed by atoms with Crippen molar-refractivity contribution in [1.82, 2.24) is 24.1 Å². The predicted octanol–water partition coefficient (Wildman–Crippen LogP) is 5.03. The van der Waals surface area contributed by atoms with Gasteiger partial charge in [-0.3, -0.25) is 4.57 Å². The van der Waals surface area contributed by atoms with Crippen LogP contribution in [0.2, 0.25) is 5.15 Å². The van der Waals surface area contributed by atoms with Crippen LogP contribution in [0.3, 0.4) is 0 Å². The Morgan fingerprint density at radius 2 is 1.75 bits per heavy atom. The SMILES string of the molecule is CCc1cn(Cc2nc3ccccc3n2-c2ccccc2)c2ncnc(Cl)c12. The highest BCUT2D eigenvalue weighted by molar-refractivity contribution is 6.34. The third kappa shape index (κ3) is 2.67. The molecule has 0 bridgehead atoms. The maximum absolute atomic E-state index is 6.36. The fourth-order valence-corrected chi connectivity index (χ4v) is 4.00. The fraction of sp³-hybridized carbons (Fsp3) is 0.136. The first-order valence-corrected chi connectivity index (χ1v) is 9.64. The van der Waals surface area contributed by atoms with Crippen molar-refractivity contribution in [2.75, 3.05) is 0 Å². The molecule has 138 valence electrons. The molecule has 0 aliphatic carbocycles. The van der Waals surface area contributed by atoms with Gasteiger partial charge in [-0.2, -0.15) is 0 Å². The zero-order valence-electron chi connectivity index (χ0n) is 15.4. The molecule has 0 saturated carbocycles. The van der Waals surface area contributed by atoms with Crippen LogP contribution in [-0.2, 0) is 13.0 Å². The molecule has 5 aromatic rings. The minimum Gasteiger partial charge on any atom is -0.324 e. The molecule has 5 rings (SSSR count). The van der Waals surface area contributed by atoms with Gasteiger partial charge in [0.2, 0.25) is 0 Å². The summed E-state index contributed by atoms with van der Waals surface area (Å²) >= 11 is 6.36. The molecule has 0 amide bonds. The molecule has 3 heterocycles. The van der Waals surface area contributed by atoms with Gasteiger partial charge in [-0.05, 0) is 36.2 Å². The number of halogens is 1. The van der Waals surface area contributed by atoms with Gasteiger partial charge in [-0.15, -0.1) is 0 Å². The van der Waals surface area contributed by atoms with Gasteiger partial charge < -0.3 is 4.57 Å². The van der Waals surface area contributed by atoms with Crippen molar-refractivity contribution in [3.8, 4) is 5.69 Å². The largest absolute Gasteiger partial charge is 0.324 e. The molecule has 0 spiro atoms. The van der Waals surface area contributed by atoms with Gasteiger partial charge in [0.15, 0.2) is 0 Å². The van der Waals surface area contributed by atoms with Crippen molar-refractivity contribution in [2.45, 2.75) is 19.9 Å². The molecule has 0 N–H and O–H groups in total. The van der Waals surface area contributed by atoms with E-state index in [1.165, 1.54) is 6.33 Å². The van der Waals surface area contributed by atoms with Crippen LogP contribution in [0, 0.1) is 0 Å². The second kappa shape index (κ2) is 6.77. The van der Waals surface area contributed by atoms with Crippen LogP contribution in [-0.4, -0.2) is 24.1 Å². The Morgan fingerprint density at radius 3 is 2.57 bits per heavy atom. The van der Waals surface area contributed by atoms with E-state index in [1.807, 2.05) is 36.4 Å². The maximum Gasteiger partial charge on any atom is 0.145 e. The fourth-order valence-electron chi connectivity index (χ4n) is 3.75. The highest BCUT2D eigenvalue weighted by Gasteiger charge is 2.17. The molecule has 0 aliphatic heterocycles. The number of aryl methyl sites for hydroxylation is 1. The molecule has 5 nitrogen and oxygen atoms in total. The van der Waals surface area contributed by atoms with E-state index in [0.717, 1.165) is 45.6 Å². The highest BCUT2D eigenvalue weighted by atomic mass is 35.5. The van der Waals surface area contributed by atoms with Gasteiger partial charge in [-0.1, -0.05) is 48.9 Å². The molecule has 0 atom stereocenters. The predicted molar refractivity (Wildman–Crippen MR) is 112 cm³/mol. The molecule has 0 fully saturated rings. The van der Waals surface area contributed by atoms with Crippen molar-refractivity contribution in [3.63, 3.8) is 0 Å². The van der Waals surface area contributed by atoms with E-state index in [-0.39, 0.29) is 0 Å².